The normalized spacial score (nSPS) is 15.0. The quantitative estimate of drug-likeness (QED) is 0.0747. The summed E-state index contributed by atoms with van der Waals surface area (Å²) in [5.41, 5.74) is 3.43. The van der Waals surface area contributed by atoms with E-state index in [1.807, 2.05) is 59.9 Å². The van der Waals surface area contributed by atoms with E-state index in [1.165, 1.54) is 27.1 Å². The van der Waals surface area contributed by atoms with Crippen LogP contribution in [-0.4, -0.2) is 23.9 Å². The van der Waals surface area contributed by atoms with Crippen molar-refractivity contribution in [3.63, 3.8) is 0 Å². The van der Waals surface area contributed by atoms with Gasteiger partial charge in [-0.25, -0.2) is 4.39 Å². The Hall–Kier alpha value is -2.57. The van der Waals surface area contributed by atoms with Crippen LogP contribution in [0.25, 0.3) is 22.0 Å². The van der Waals surface area contributed by atoms with Crippen LogP contribution in [0.15, 0.2) is 83.6 Å². The summed E-state index contributed by atoms with van der Waals surface area (Å²) in [7, 11) is -1.57. The predicted molar refractivity (Wildman–Crippen MR) is 201 cm³/mol. The summed E-state index contributed by atoms with van der Waals surface area (Å²) in [6.07, 6.45) is 7.46. The van der Waals surface area contributed by atoms with E-state index < -0.39 is 8.07 Å². The van der Waals surface area contributed by atoms with Crippen LogP contribution in [-0.2, 0) is 31.3 Å². The van der Waals surface area contributed by atoms with E-state index in [-0.39, 0.29) is 53.5 Å². The molecule has 0 saturated heterocycles. The zero-order valence-corrected chi connectivity index (χ0v) is 34.2. The van der Waals surface area contributed by atoms with Gasteiger partial charge in [-0.05, 0) is 49.8 Å². The summed E-state index contributed by atoms with van der Waals surface area (Å²) in [5.74, 6) is 0.157. The van der Waals surface area contributed by atoms with Crippen LogP contribution < -0.4 is 5.19 Å². The average Bonchev–Trinajstić information content (AvgIpc) is 3.51. The first-order chi connectivity index (χ1) is 22.2. The van der Waals surface area contributed by atoms with Gasteiger partial charge in [-0.3, -0.25) is 9.78 Å². The molecule has 0 spiro atoms. The largest absolute Gasteiger partial charge is 0.512 e. The Morgan fingerprint density at radius 2 is 1.58 bits per heavy atom. The van der Waals surface area contributed by atoms with E-state index in [0.29, 0.717) is 0 Å². The van der Waals surface area contributed by atoms with Crippen molar-refractivity contribution < 1.29 is 34.4 Å². The maximum atomic E-state index is 14.4. The van der Waals surface area contributed by atoms with Crippen LogP contribution >= 0.6 is 11.8 Å². The molecule has 1 aromatic heterocycles. The molecule has 1 N–H and O–H groups in total. The topological polar surface area (TPSA) is 50.2 Å². The summed E-state index contributed by atoms with van der Waals surface area (Å²) < 4.78 is 14.4. The summed E-state index contributed by atoms with van der Waals surface area (Å²) in [4.78, 5) is 18.1. The van der Waals surface area contributed by atoms with Crippen molar-refractivity contribution in [2.45, 2.75) is 103 Å². The third-order valence-electron chi connectivity index (χ3n) is 10.3. The van der Waals surface area contributed by atoms with Crippen LogP contribution in [0.4, 0.5) is 4.39 Å². The Bertz CT molecular complexity index is 1760. The minimum atomic E-state index is -1.57. The molecule has 3 aromatic carbocycles. The Morgan fingerprint density at radius 3 is 2.19 bits per heavy atom. The van der Waals surface area contributed by atoms with Gasteiger partial charge in [0, 0.05) is 64.6 Å². The number of hydrogen-bond acceptors (Lipinski definition) is 4. The second-order valence-corrected chi connectivity index (χ2v) is 20.6. The number of carbonyl (C=O) groups is 1. The molecular formula is C41H51FIrNO2SSi-. The van der Waals surface area contributed by atoms with Gasteiger partial charge in [0.1, 0.15) is 11.6 Å². The Kier molecular flexibility index (Phi) is 13.6. The fourth-order valence-electron chi connectivity index (χ4n) is 5.93. The number of halogens is 1. The Morgan fingerprint density at radius 1 is 0.979 bits per heavy atom. The van der Waals surface area contributed by atoms with Gasteiger partial charge in [0.2, 0.25) is 0 Å². The minimum absolute atomic E-state index is 0. The van der Waals surface area contributed by atoms with E-state index in [4.69, 9.17) is 4.98 Å². The third-order valence-corrected chi connectivity index (χ3v) is 13.8. The number of nitrogens with zero attached hydrogens (tertiary/aromatic N) is 1. The minimum Gasteiger partial charge on any atom is -0.512 e. The van der Waals surface area contributed by atoms with Gasteiger partial charge in [0.25, 0.3) is 0 Å². The van der Waals surface area contributed by atoms with Crippen LogP contribution in [0.3, 0.4) is 0 Å². The average molecular weight is 861 g/mol. The van der Waals surface area contributed by atoms with Crippen molar-refractivity contribution in [3.05, 3.63) is 102 Å². The van der Waals surface area contributed by atoms with Gasteiger partial charge in [-0.15, -0.1) is 40.5 Å². The molecule has 48 heavy (non-hydrogen) atoms. The van der Waals surface area contributed by atoms with E-state index in [9.17, 15) is 14.3 Å². The number of aliphatic hydroxyl groups excluding tert-OH is 1. The molecule has 1 radical (unpaired) electrons. The number of benzene rings is 3. The van der Waals surface area contributed by atoms with E-state index >= 15 is 0 Å². The molecule has 0 saturated carbocycles. The molecule has 1 atom stereocenters. The molecule has 7 heteroatoms. The standard InChI is InChI=1S/C26H23FNSSi.C15H28O2.Ir/c1-30(2,3)24-16-19(14-17-8-4-5-9-20(17)24)25-26-18(12-13-28-25)15-23(29-26)21-10-6-7-11-22(21)27;1-7-14(5,8-2)12(16)11-13(17)15(6,9-3)10-4;/h4-13,16,23H,15H2,1-3H3;11,16H,7-10H2,1-6H3;/q-1;;/b;12-11-;. The molecule has 1 unspecified atom stereocenters. The number of carbonyl (C=O) groups excluding carboxylic acids is 1. The summed E-state index contributed by atoms with van der Waals surface area (Å²) in [6.45, 7) is 19.2. The molecule has 4 aromatic rings. The van der Waals surface area contributed by atoms with Gasteiger partial charge >= 0.3 is 0 Å². The molecule has 1 aliphatic heterocycles. The summed E-state index contributed by atoms with van der Waals surface area (Å²) >= 11 is 1.73. The second kappa shape index (κ2) is 16.4. The molecule has 5 rings (SSSR count). The number of aliphatic hydroxyl groups is 1. The van der Waals surface area contributed by atoms with Crippen molar-refractivity contribution in [2.24, 2.45) is 10.8 Å². The fraction of sp³-hybridized carbons (Fsp3) is 0.415. The molecule has 0 fully saturated rings. The summed E-state index contributed by atoms with van der Waals surface area (Å²) in [5, 5.41) is 14.1. The van der Waals surface area contributed by atoms with Gasteiger partial charge in [-0.2, -0.15) is 0 Å². The van der Waals surface area contributed by atoms with Crippen molar-refractivity contribution in [1.29, 1.82) is 0 Å². The van der Waals surface area contributed by atoms with Gasteiger partial charge in [-0.1, -0.05) is 109 Å². The smallest absolute Gasteiger partial charge is 0.164 e. The maximum Gasteiger partial charge on any atom is 0.164 e. The number of aromatic nitrogens is 1. The van der Waals surface area contributed by atoms with E-state index in [1.54, 1.807) is 23.9 Å². The van der Waals surface area contributed by atoms with Crippen LogP contribution in [0.5, 0.6) is 0 Å². The number of fused-ring (bicyclic) bond motifs is 2. The molecule has 3 nitrogen and oxygen atoms in total. The molecule has 2 heterocycles. The van der Waals surface area contributed by atoms with Crippen molar-refractivity contribution in [3.8, 4) is 11.3 Å². The molecule has 0 amide bonds. The fourth-order valence-corrected chi connectivity index (χ4v) is 8.97. The molecule has 1 aliphatic rings. The zero-order valence-electron chi connectivity index (χ0n) is 30.0. The first-order valence-corrected chi connectivity index (χ1v) is 21.4. The van der Waals surface area contributed by atoms with Crippen LogP contribution in [0.2, 0.25) is 19.6 Å². The predicted octanol–water partition coefficient (Wildman–Crippen LogP) is 11.4. The monoisotopic (exact) mass is 861 g/mol. The van der Waals surface area contributed by atoms with E-state index in [2.05, 4.69) is 62.1 Å². The third kappa shape index (κ3) is 8.58. The van der Waals surface area contributed by atoms with Crippen molar-refractivity contribution >= 4 is 41.6 Å². The first-order valence-electron chi connectivity index (χ1n) is 17.0. The van der Waals surface area contributed by atoms with Gasteiger partial charge < -0.3 is 5.11 Å². The number of thioether (sulfide) groups is 1. The zero-order chi connectivity index (χ0) is 34.6. The molecular weight excluding hydrogens is 810 g/mol. The Balaban J connectivity index is 0.000000301. The number of pyridine rings is 1. The molecule has 0 bridgehead atoms. The first kappa shape index (κ1) is 39.9. The SMILES string of the molecule is CCC(C)(CC)C(=O)/C=C(\O)C(C)(CC)CC.C[Si](C)(C)c1cc(-c2nccc3c2SC(c2ccccc2F)C3)[c-]c2ccccc12.[Ir]. The van der Waals surface area contributed by atoms with E-state index in [0.717, 1.165) is 54.3 Å². The number of ketones is 1. The number of hydrogen-bond donors (Lipinski definition) is 1. The Labute approximate surface area is 306 Å². The van der Waals surface area contributed by atoms with Crippen LogP contribution in [0.1, 0.15) is 83.6 Å². The summed E-state index contributed by atoms with van der Waals surface area (Å²) in [6, 6.07) is 23.6. The molecule has 259 valence electrons. The second-order valence-electron chi connectivity index (χ2n) is 14.3. The number of allylic oxidation sites excluding steroid dienone is 2. The van der Waals surface area contributed by atoms with Gasteiger partial charge in [0.15, 0.2) is 5.78 Å². The number of rotatable bonds is 10. The maximum absolute atomic E-state index is 14.4. The van der Waals surface area contributed by atoms with Crippen LogP contribution in [0, 0.1) is 22.7 Å². The van der Waals surface area contributed by atoms with Crippen molar-refractivity contribution in [2.75, 3.05) is 0 Å². The van der Waals surface area contributed by atoms with Crippen molar-refractivity contribution in [1.82, 2.24) is 4.98 Å². The van der Waals surface area contributed by atoms with Gasteiger partial charge in [0.05, 0.1) is 8.07 Å². The molecule has 0 aliphatic carbocycles.